The molecule has 0 fully saturated rings. The largest absolute Gasteiger partial charge is 0.466 e. The molecule has 1 aliphatic carbocycles. The number of fused-ring (bicyclic) bond motifs is 1. The molecule has 0 aliphatic heterocycles. The Hall–Kier alpha value is -1.36. The third kappa shape index (κ3) is 2.49. The molecule has 1 heterocycles. The standard InChI is InChI=1S/C11H14ClN3O2/c1-2-17-10(16)6-3-4-8-7(5-6)9(13)15-11(12)14-8/h6H,2-5H2,1H3,(H2,13,14,15). The molecule has 2 N–H and O–H groups in total. The predicted octanol–water partition coefficient (Wildman–Crippen LogP) is 1.38. The molecule has 0 saturated heterocycles. The highest BCUT2D eigenvalue weighted by atomic mass is 35.5. The maximum absolute atomic E-state index is 11.7. The molecule has 1 aliphatic rings. The molecule has 0 saturated carbocycles. The number of carbonyl (C=O) groups excluding carboxylic acids is 1. The maximum atomic E-state index is 11.7. The van der Waals surface area contributed by atoms with Crippen molar-refractivity contribution in [1.82, 2.24) is 9.97 Å². The van der Waals surface area contributed by atoms with Crippen LogP contribution in [0.3, 0.4) is 0 Å². The third-order valence-corrected chi connectivity index (χ3v) is 3.07. The zero-order valence-electron chi connectivity index (χ0n) is 9.57. The Morgan fingerprint density at radius 1 is 1.59 bits per heavy atom. The molecule has 1 unspecified atom stereocenters. The van der Waals surface area contributed by atoms with Gasteiger partial charge in [0.2, 0.25) is 5.28 Å². The Bertz CT molecular complexity index is 451. The summed E-state index contributed by atoms with van der Waals surface area (Å²) in [6.07, 6.45) is 1.95. The van der Waals surface area contributed by atoms with Gasteiger partial charge in [-0.3, -0.25) is 4.79 Å². The van der Waals surface area contributed by atoms with Crippen LogP contribution >= 0.6 is 11.6 Å². The first-order chi connectivity index (χ1) is 8.11. The lowest BCUT2D eigenvalue weighted by atomic mass is 9.87. The Balaban J connectivity index is 2.21. The van der Waals surface area contributed by atoms with Gasteiger partial charge < -0.3 is 10.5 Å². The van der Waals surface area contributed by atoms with E-state index in [0.717, 1.165) is 17.7 Å². The van der Waals surface area contributed by atoms with Gasteiger partial charge in [0, 0.05) is 5.56 Å². The first kappa shape index (κ1) is 12.1. The Morgan fingerprint density at radius 2 is 2.35 bits per heavy atom. The number of nitrogen functional groups attached to an aromatic ring is 1. The number of aromatic nitrogens is 2. The third-order valence-electron chi connectivity index (χ3n) is 2.90. The second-order valence-electron chi connectivity index (χ2n) is 3.99. The smallest absolute Gasteiger partial charge is 0.309 e. The van der Waals surface area contributed by atoms with Crippen LogP contribution in [0.2, 0.25) is 5.28 Å². The van der Waals surface area contributed by atoms with Crippen molar-refractivity contribution in [3.63, 3.8) is 0 Å². The molecule has 0 spiro atoms. The van der Waals surface area contributed by atoms with Gasteiger partial charge in [0.1, 0.15) is 5.82 Å². The van der Waals surface area contributed by atoms with Gasteiger partial charge in [0.05, 0.1) is 18.2 Å². The fourth-order valence-electron chi connectivity index (χ4n) is 2.07. The van der Waals surface area contributed by atoms with Gasteiger partial charge in [-0.1, -0.05) is 0 Å². The Kier molecular flexibility index (Phi) is 3.47. The normalized spacial score (nSPS) is 18.6. The summed E-state index contributed by atoms with van der Waals surface area (Å²) in [5, 5.41) is 0.163. The summed E-state index contributed by atoms with van der Waals surface area (Å²) in [5.41, 5.74) is 7.47. The van der Waals surface area contributed by atoms with E-state index in [1.54, 1.807) is 6.92 Å². The average molecular weight is 256 g/mol. The minimum atomic E-state index is -0.174. The minimum absolute atomic E-state index is 0.144. The van der Waals surface area contributed by atoms with Gasteiger partial charge in [0.15, 0.2) is 0 Å². The number of anilines is 1. The van der Waals surface area contributed by atoms with Gasteiger partial charge >= 0.3 is 5.97 Å². The summed E-state index contributed by atoms with van der Waals surface area (Å²) in [4.78, 5) is 19.7. The van der Waals surface area contributed by atoms with Crippen molar-refractivity contribution in [3.05, 3.63) is 16.5 Å². The van der Waals surface area contributed by atoms with Crippen molar-refractivity contribution in [2.45, 2.75) is 26.2 Å². The van der Waals surface area contributed by atoms with E-state index < -0.39 is 0 Å². The van der Waals surface area contributed by atoms with Crippen LogP contribution in [0, 0.1) is 5.92 Å². The van der Waals surface area contributed by atoms with Crippen molar-refractivity contribution in [2.75, 3.05) is 12.3 Å². The summed E-state index contributed by atoms with van der Waals surface area (Å²) in [7, 11) is 0. The number of ether oxygens (including phenoxy) is 1. The van der Waals surface area contributed by atoms with Crippen molar-refractivity contribution < 1.29 is 9.53 Å². The van der Waals surface area contributed by atoms with E-state index in [0.29, 0.717) is 25.3 Å². The van der Waals surface area contributed by atoms with E-state index in [-0.39, 0.29) is 17.2 Å². The van der Waals surface area contributed by atoms with Crippen molar-refractivity contribution in [2.24, 2.45) is 5.92 Å². The monoisotopic (exact) mass is 255 g/mol. The molecule has 0 radical (unpaired) electrons. The van der Waals surface area contributed by atoms with Crippen LogP contribution < -0.4 is 5.73 Å². The number of hydrogen-bond donors (Lipinski definition) is 1. The average Bonchev–Trinajstić information content (AvgIpc) is 2.28. The zero-order valence-corrected chi connectivity index (χ0v) is 10.3. The lowest BCUT2D eigenvalue weighted by Crippen LogP contribution is -2.26. The molecule has 0 bridgehead atoms. The number of nitrogens with two attached hydrogens (primary N) is 1. The summed E-state index contributed by atoms with van der Waals surface area (Å²) in [6, 6.07) is 0. The number of nitrogens with zero attached hydrogens (tertiary/aromatic N) is 2. The second-order valence-corrected chi connectivity index (χ2v) is 4.33. The van der Waals surface area contributed by atoms with Gasteiger partial charge in [-0.25, -0.2) is 9.97 Å². The van der Waals surface area contributed by atoms with Crippen molar-refractivity contribution in [1.29, 1.82) is 0 Å². The van der Waals surface area contributed by atoms with Crippen LogP contribution in [0.25, 0.3) is 0 Å². The highest BCUT2D eigenvalue weighted by Crippen LogP contribution is 2.29. The lowest BCUT2D eigenvalue weighted by Gasteiger charge is -2.23. The van der Waals surface area contributed by atoms with Gasteiger partial charge in [-0.2, -0.15) is 0 Å². The molecular formula is C11H14ClN3O2. The first-order valence-corrected chi connectivity index (χ1v) is 5.97. The van der Waals surface area contributed by atoms with E-state index >= 15 is 0 Å². The number of hydrogen-bond acceptors (Lipinski definition) is 5. The molecule has 6 heteroatoms. The molecule has 5 nitrogen and oxygen atoms in total. The van der Waals surface area contributed by atoms with Gasteiger partial charge in [0.25, 0.3) is 0 Å². The summed E-state index contributed by atoms with van der Waals surface area (Å²) >= 11 is 5.74. The molecule has 1 aromatic heterocycles. The van der Waals surface area contributed by atoms with E-state index in [1.807, 2.05) is 0 Å². The summed E-state index contributed by atoms with van der Waals surface area (Å²) in [6.45, 7) is 2.20. The number of rotatable bonds is 2. The zero-order chi connectivity index (χ0) is 12.4. The SMILES string of the molecule is CCOC(=O)C1CCc2nc(Cl)nc(N)c2C1. The topological polar surface area (TPSA) is 78.1 Å². The van der Waals surface area contributed by atoms with E-state index in [9.17, 15) is 4.79 Å². The molecule has 92 valence electrons. The molecule has 0 aromatic carbocycles. The van der Waals surface area contributed by atoms with Crippen LogP contribution in [-0.4, -0.2) is 22.5 Å². The summed E-state index contributed by atoms with van der Waals surface area (Å²) in [5.74, 6) is 0.0519. The van der Waals surface area contributed by atoms with E-state index in [2.05, 4.69) is 9.97 Å². The predicted molar refractivity (Wildman–Crippen MR) is 63.6 cm³/mol. The highest BCUT2D eigenvalue weighted by Gasteiger charge is 2.28. The molecule has 0 amide bonds. The molecule has 1 atom stereocenters. The minimum Gasteiger partial charge on any atom is -0.466 e. The number of esters is 1. The Labute approximate surface area is 104 Å². The van der Waals surface area contributed by atoms with Crippen molar-refractivity contribution >= 4 is 23.4 Å². The van der Waals surface area contributed by atoms with E-state index in [4.69, 9.17) is 22.1 Å². The molecule has 1 aromatic rings. The van der Waals surface area contributed by atoms with Gasteiger partial charge in [-0.15, -0.1) is 0 Å². The van der Waals surface area contributed by atoms with Crippen molar-refractivity contribution in [3.8, 4) is 0 Å². The maximum Gasteiger partial charge on any atom is 0.309 e. The van der Waals surface area contributed by atoms with Gasteiger partial charge in [-0.05, 0) is 37.8 Å². The highest BCUT2D eigenvalue weighted by molar-refractivity contribution is 6.28. The van der Waals surface area contributed by atoms with E-state index in [1.165, 1.54) is 0 Å². The van der Waals surface area contributed by atoms with Crippen LogP contribution in [-0.2, 0) is 22.4 Å². The number of aryl methyl sites for hydroxylation is 1. The molecular weight excluding hydrogens is 242 g/mol. The quantitative estimate of drug-likeness (QED) is 0.638. The molecule has 2 rings (SSSR count). The lowest BCUT2D eigenvalue weighted by molar-refractivity contribution is -0.148. The molecule has 17 heavy (non-hydrogen) atoms. The first-order valence-electron chi connectivity index (χ1n) is 5.59. The number of halogens is 1. The fourth-order valence-corrected chi connectivity index (χ4v) is 2.26. The van der Waals surface area contributed by atoms with Crippen LogP contribution in [0.15, 0.2) is 0 Å². The second kappa shape index (κ2) is 4.87. The van der Waals surface area contributed by atoms with Crippen LogP contribution in [0.4, 0.5) is 5.82 Å². The fraction of sp³-hybridized carbons (Fsp3) is 0.545. The Morgan fingerprint density at radius 3 is 3.06 bits per heavy atom. The number of carbonyl (C=O) groups is 1. The van der Waals surface area contributed by atoms with Crippen LogP contribution in [0.5, 0.6) is 0 Å². The summed E-state index contributed by atoms with van der Waals surface area (Å²) < 4.78 is 5.01. The van der Waals surface area contributed by atoms with Crippen LogP contribution in [0.1, 0.15) is 24.6 Å².